The van der Waals surface area contributed by atoms with Crippen molar-refractivity contribution in [1.29, 1.82) is 0 Å². The number of pyridine rings is 1. The van der Waals surface area contributed by atoms with E-state index in [4.69, 9.17) is 10.8 Å². The first-order valence-corrected chi connectivity index (χ1v) is 3.30. The zero-order valence-corrected chi connectivity index (χ0v) is 6.27. The summed E-state index contributed by atoms with van der Waals surface area (Å²) in [7, 11) is 0. The average Bonchev–Trinajstić information content (AvgIpc) is 2.01. The van der Waals surface area contributed by atoms with E-state index in [1.807, 2.05) is 0 Å². The lowest BCUT2D eigenvalue weighted by Crippen LogP contribution is -1.88. The van der Waals surface area contributed by atoms with Gasteiger partial charge in [0.15, 0.2) is 0 Å². The van der Waals surface area contributed by atoms with Crippen LogP contribution in [0, 0.1) is 0 Å². The first-order chi connectivity index (χ1) is 5.68. The first kappa shape index (κ1) is 8.26. The maximum atomic E-state index is 10.1. The van der Waals surface area contributed by atoms with Crippen LogP contribution in [0.2, 0.25) is 0 Å². The van der Waals surface area contributed by atoms with Gasteiger partial charge in [0.1, 0.15) is 0 Å². The molecule has 0 aliphatic heterocycles. The van der Waals surface area contributed by atoms with Crippen molar-refractivity contribution in [1.82, 2.24) is 4.98 Å². The number of carboxylic acids is 1. The van der Waals surface area contributed by atoms with Gasteiger partial charge in [0.2, 0.25) is 0 Å². The van der Waals surface area contributed by atoms with Gasteiger partial charge in [-0.3, -0.25) is 4.98 Å². The third-order valence-corrected chi connectivity index (χ3v) is 1.20. The number of aromatic nitrogens is 1. The molecular formula is C8H8N2O2. The predicted molar refractivity (Wildman–Crippen MR) is 45.3 cm³/mol. The molecule has 0 aliphatic carbocycles. The Morgan fingerprint density at radius 2 is 2.33 bits per heavy atom. The van der Waals surface area contributed by atoms with Gasteiger partial charge < -0.3 is 10.8 Å². The lowest BCUT2D eigenvalue weighted by atomic mass is 10.2. The maximum absolute atomic E-state index is 10.1. The van der Waals surface area contributed by atoms with Crippen LogP contribution in [0.3, 0.4) is 0 Å². The SMILES string of the molecule is Nc1cncc(C=CC(=O)O)c1. The number of anilines is 1. The van der Waals surface area contributed by atoms with Crippen LogP contribution in [0.25, 0.3) is 6.08 Å². The monoisotopic (exact) mass is 164 g/mol. The van der Waals surface area contributed by atoms with Crippen LogP contribution >= 0.6 is 0 Å². The molecule has 0 spiro atoms. The molecule has 0 bridgehead atoms. The molecule has 1 rings (SSSR count). The Labute approximate surface area is 69.4 Å². The third kappa shape index (κ3) is 2.42. The highest BCUT2D eigenvalue weighted by Gasteiger charge is 1.90. The highest BCUT2D eigenvalue weighted by Crippen LogP contribution is 2.05. The fourth-order valence-electron chi connectivity index (χ4n) is 0.735. The van der Waals surface area contributed by atoms with Crippen LogP contribution < -0.4 is 5.73 Å². The smallest absolute Gasteiger partial charge is 0.328 e. The molecule has 0 fully saturated rings. The number of nitrogen functional groups attached to an aromatic ring is 1. The van der Waals surface area contributed by atoms with Gasteiger partial charge in [0.25, 0.3) is 0 Å². The van der Waals surface area contributed by atoms with Crippen molar-refractivity contribution in [3.8, 4) is 0 Å². The van der Waals surface area contributed by atoms with Crippen LogP contribution in [-0.2, 0) is 4.79 Å². The van der Waals surface area contributed by atoms with Gasteiger partial charge in [-0.05, 0) is 17.7 Å². The minimum atomic E-state index is -0.988. The minimum absolute atomic E-state index is 0.516. The van der Waals surface area contributed by atoms with E-state index in [1.54, 1.807) is 6.07 Å². The van der Waals surface area contributed by atoms with Crippen molar-refractivity contribution < 1.29 is 9.90 Å². The van der Waals surface area contributed by atoms with Crippen LogP contribution in [0.4, 0.5) is 5.69 Å². The second kappa shape index (κ2) is 3.52. The number of nitrogens with two attached hydrogens (primary N) is 1. The largest absolute Gasteiger partial charge is 0.478 e. The summed E-state index contributed by atoms with van der Waals surface area (Å²) in [6.07, 6.45) is 5.51. The fraction of sp³-hybridized carbons (Fsp3) is 0. The Kier molecular flexibility index (Phi) is 2.42. The molecule has 0 unspecified atom stereocenters. The van der Waals surface area contributed by atoms with Gasteiger partial charge in [-0.1, -0.05) is 0 Å². The summed E-state index contributed by atoms with van der Waals surface area (Å²) in [6.45, 7) is 0. The van der Waals surface area contributed by atoms with Crippen LogP contribution in [0.15, 0.2) is 24.5 Å². The van der Waals surface area contributed by atoms with Crippen LogP contribution in [0.5, 0.6) is 0 Å². The van der Waals surface area contributed by atoms with Gasteiger partial charge in [-0.25, -0.2) is 4.79 Å². The second-order valence-electron chi connectivity index (χ2n) is 2.22. The summed E-state index contributed by atoms with van der Waals surface area (Å²) < 4.78 is 0. The zero-order chi connectivity index (χ0) is 8.97. The van der Waals surface area contributed by atoms with E-state index >= 15 is 0 Å². The summed E-state index contributed by atoms with van der Waals surface area (Å²) in [5.74, 6) is -0.988. The lowest BCUT2D eigenvalue weighted by molar-refractivity contribution is -0.131. The molecule has 3 N–H and O–H groups in total. The van der Waals surface area contributed by atoms with Crippen molar-refractivity contribution in [2.75, 3.05) is 5.73 Å². The Morgan fingerprint density at radius 1 is 1.58 bits per heavy atom. The first-order valence-electron chi connectivity index (χ1n) is 3.30. The third-order valence-electron chi connectivity index (χ3n) is 1.20. The second-order valence-corrected chi connectivity index (χ2v) is 2.22. The number of hydrogen-bond donors (Lipinski definition) is 2. The van der Waals surface area contributed by atoms with Crippen molar-refractivity contribution in [3.63, 3.8) is 0 Å². The number of aliphatic carboxylic acids is 1. The van der Waals surface area contributed by atoms with Gasteiger partial charge in [0, 0.05) is 18.5 Å². The number of carboxylic acid groups (broad SMARTS) is 1. The fourth-order valence-corrected chi connectivity index (χ4v) is 0.735. The molecule has 62 valence electrons. The van der Waals surface area contributed by atoms with Gasteiger partial charge in [-0.2, -0.15) is 0 Å². The lowest BCUT2D eigenvalue weighted by Gasteiger charge is -1.92. The molecule has 0 atom stereocenters. The van der Waals surface area contributed by atoms with Crippen molar-refractivity contribution >= 4 is 17.7 Å². The van der Waals surface area contributed by atoms with E-state index in [0.717, 1.165) is 6.08 Å². The number of hydrogen-bond acceptors (Lipinski definition) is 3. The highest BCUT2D eigenvalue weighted by atomic mass is 16.4. The molecule has 1 aromatic rings. The van der Waals surface area contributed by atoms with Crippen molar-refractivity contribution in [3.05, 3.63) is 30.1 Å². The Hall–Kier alpha value is -1.84. The summed E-state index contributed by atoms with van der Waals surface area (Å²) in [5.41, 5.74) is 6.62. The highest BCUT2D eigenvalue weighted by molar-refractivity contribution is 5.85. The standard InChI is InChI=1S/C8H8N2O2/c9-7-3-6(4-10-5-7)1-2-8(11)12/h1-5H,9H2,(H,11,12). The molecule has 4 heteroatoms. The summed E-state index contributed by atoms with van der Waals surface area (Å²) >= 11 is 0. The number of carbonyl (C=O) groups is 1. The molecular weight excluding hydrogens is 156 g/mol. The normalized spacial score (nSPS) is 10.3. The predicted octanol–water partition coefficient (Wildman–Crippen LogP) is 0.762. The average molecular weight is 164 g/mol. The van der Waals surface area contributed by atoms with Crippen molar-refractivity contribution in [2.45, 2.75) is 0 Å². The zero-order valence-electron chi connectivity index (χ0n) is 6.27. The molecule has 0 aromatic carbocycles. The van der Waals surface area contributed by atoms with Gasteiger partial charge >= 0.3 is 5.97 Å². The van der Waals surface area contributed by atoms with Gasteiger partial charge in [0.05, 0.1) is 5.69 Å². The maximum Gasteiger partial charge on any atom is 0.328 e. The van der Waals surface area contributed by atoms with E-state index in [9.17, 15) is 4.79 Å². The number of nitrogens with zero attached hydrogens (tertiary/aromatic N) is 1. The van der Waals surface area contributed by atoms with E-state index in [-0.39, 0.29) is 0 Å². The molecule has 0 saturated carbocycles. The molecule has 1 aromatic heterocycles. The summed E-state index contributed by atoms with van der Waals surface area (Å²) in [6, 6.07) is 1.65. The summed E-state index contributed by atoms with van der Waals surface area (Å²) in [4.78, 5) is 13.9. The topological polar surface area (TPSA) is 76.2 Å². The van der Waals surface area contributed by atoms with Crippen LogP contribution in [-0.4, -0.2) is 16.1 Å². The van der Waals surface area contributed by atoms with E-state index in [0.29, 0.717) is 11.3 Å². The molecule has 1 heterocycles. The van der Waals surface area contributed by atoms with Crippen LogP contribution in [0.1, 0.15) is 5.56 Å². The van der Waals surface area contributed by atoms with Gasteiger partial charge in [-0.15, -0.1) is 0 Å². The molecule has 0 radical (unpaired) electrons. The molecule has 0 aliphatic rings. The van der Waals surface area contributed by atoms with E-state index in [1.165, 1.54) is 18.5 Å². The minimum Gasteiger partial charge on any atom is -0.478 e. The Balaban J connectivity index is 2.83. The number of rotatable bonds is 2. The molecule has 12 heavy (non-hydrogen) atoms. The molecule has 0 saturated heterocycles. The van der Waals surface area contributed by atoms with E-state index in [2.05, 4.69) is 4.98 Å². The Bertz CT molecular complexity index is 321. The quantitative estimate of drug-likeness (QED) is 0.633. The summed E-state index contributed by atoms with van der Waals surface area (Å²) in [5, 5.41) is 8.31. The van der Waals surface area contributed by atoms with Crippen molar-refractivity contribution in [2.24, 2.45) is 0 Å². The van der Waals surface area contributed by atoms with E-state index < -0.39 is 5.97 Å². The molecule has 0 amide bonds. The molecule has 4 nitrogen and oxygen atoms in total. The Morgan fingerprint density at radius 3 is 2.92 bits per heavy atom.